The fourth-order valence-corrected chi connectivity index (χ4v) is 2.71. The molecule has 8 heteroatoms. The van der Waals surface area contributed by atoms with Gasteiger partial charge in [-0.15, -0.1) is 16.9 Å². The maximum atomic E-state index is 11.6. The lowest BCUT2D eigenvalue weighted by molar-refractivity contribution is 0.0525. The lowest BCUT2D eigenvalue weighted by Gasteiger charge is -2.19. The zero-order valence-electron chi connectivity index (χ0n) is 15.0. The Morgan fingerprint density at radius 2 is 2.00 bits per heavy atom. The lowest BCUT2D eigenvalue weighted by Crippen LogP contribution is -2.34. The molecule has 136 valence electrons. The molecule has 0 fully saturated rings. The van der Waals surface area contributed by atoms with Crippen molar-refractivity contribution in [3.8, 4) is 5.75 Å². The number of nitrogens with zero attached hydrogens (tertiary/aromatic N) is 3. The van der Waals surface area contributed by atoms with Crippen LogP contribution in [-0.4, -0.2) is 40.3 Å². The normalized spacial score (nSPS) is 11.2. The third-order valence-electron chi connectivity index (χ3n) is 3.04. The number of thioether (sulfide) groups is 1. The van der Waals surface area contributed by atoms with Crippen molar-refractivity contribution in [3.63, 3.8) is 0 Å². The monoisotopic (exact) mass is 364 g/mol. The number of hydrogen-bond donors (Lipinski definition) is 1. The topological polar surface area (TPSA) is 78.3 Å². The van der Waals surface area contributed by atoms with E-state index in [0.29, 0.717) is 13.1 Å². The van der Waals surface area contributed by atoms with Crippen LogP contribution in [-0.2, 0) is 17.0 Å². The Morgan fingerprint density at radius 1 is 1.28 bits per heavy atom. The molecular formula is C17H24N4O3S. The molecule has 0 atom stereocenters. The molecule has 0 spiro atoms. The van der Waals surface area contributed by atoms with Crippen LogP contribution >= 0.6 is 11.8 Å². The number of carbonyl (C=O) groups is 1. The van der Waals surface area contributed by atoms with E-state index in [1.807, 2.05) is 51.2 Å². The molecule has 0 bridgehead atoms. The molecule has 2 aromatic rings. The number of nitrogens with one attached hydrogen (secondary N) is 1. The highest BCUT2D eigenvalue weighted by molar-refractivity contribution is 7.98. The van der Waals surface area contributed by atoms with Gasteiger partial charge >= 0.3 is 6.09 Å². The number of methoxy groups -OCH3 is 1. The summed E-state index contributed by atoms with van der Waals surface area (Å²) in [7, 11) is 1.65. The number of hydrogen-bond acceptors (Lipinski definition) is 6. The van der Waals surface area contributed by atoms with Crippen molar-refractivity contribution in [1.82, 2.24) is 20.3 Å². The van der Waals surface area contributed by atoms with Crippen molar-refractivity contribution in [3.05, 3.63) is 36.2 Å². The number of alkyl carbamates (subject to hydrolysis) is 1. The summed E-state index contributed by atoms with van der Waals surface area (Å²) in [5.41, 5.74) is 0.390. The number of ether oxygens (including phenoxy) is 2. The van der Waals surface area contributed by atoms with Gasteiger partial charge in [-0.25, -0.2) is 4.79 Å². The molecule has 0 saturated heterocycles. The second-order valence-electron chi connectivity index (χ2n) is 6.37. The summed E-state index contributed by atoms with van der Waals surface area (Å²) < 4.78 is 12.0. The first kappa shape index (κ1) is 19.1. The molecule has 1 heterocycles. The summed E-state index contributed by atoms with van der Waals surface area (Å²) in [6, 6.07) is 7.89. The van der Waals surface area contributed by atoms with Gasteiger partial charge in [0.25, 0.3) is 0 Å². The number of amides is 1. The number of carbonyl (C=O) groups excluding carboxylic acids is 1. The first-order valence-corrected chi connectivity index (χ1v) is 8.97. The second-order valence-corrected chi connectivity index (χ2v) is 7.41. The molecule has 0 radical (unpaired) electrons. The van der Waals surface area contributed by atoms with E-state index in [2.05, 4.69) is 15.6 Å². The highest BCUT2D eigenvalue weighted by Crippen LogP contribution is 2.23. The van der Waals surface area contributed by atoms with Crippen molar-refractivity contribution >= 4 is 17.9 Å². The van der Waals surface area contributed by atoms with Crippen LogP contribution < -0.4 is 10.1 Å². The van der Waals surface area contributed by atoms with E-state index in [9.17, 15) is 4.79 Å². The molecule has 0 aliphatic heterocycles. The Bertz CT molecular complexity index is 680. The van der Waals surface area contributed by atoms with Crippen LogP contribution in [0.25, 0.3) is 0 Å². The Labute approximate surface area is 152 Å². The van der Waals surface area contributed by atoms with Crippen LogP contribution in [0.15, 0.2) is 35.4 Å². The van der Waals surface area contributed by atoms with Gasteiger partial charge < -0.3 is 14.8 Å². The van der Waals surface area contributed by atoms with Crippen molar-refractivity contribution in [2.75, 3.05) is 13.7 Å². The van der Waals surface area contributed by atoms with Gasteiger partial charge in [0.2, 0.25) is 0 Å². The summed E-state index contributed by atoms with van der Waals surface area (Å²) in [5.74, 6) is 1.57. The first-order valence-electron chi connectivity index (χ1n) is 7.98. The maximum absolute atomic E-state index is 11.6. The van der Waals surface area contributed by atoms with Crippen molar-refractivity contribution in [2.24, 2.45) is 0 Å². The van der Waals surface area contributed by atoms with Gasteiger partial charge in [0.1, 0.15) is 11.4 Å². The number of aromatic nitrogens is 3. The highest BCUT2D eigenvalue weighted by atomic mass is 32.2. The van der Waals surface area contributed by atoms with Crippen LogP contribution in [0.5, 0.6) is 5.75 Å². The van der Waals surface area contributed by atoms with Gasteiger partial charge in [0, 0.05) is 23.4 Å². The molecule has 0 aliphatic rings. The molecule has 0 unspecified atom stereocenters. The minimum atomic E-state index is -0.497. The summed E-state index contributed by atoms with van der Waals surface area (Å²) in [4.78, 5) is 12.7. The van der Waals surface area contributed by atoms with Crippen LogP contribution in [0, 0.1) is 0 Å². The molecular weight excluding hydrogens is 340 g/mol. The molecule has 1 N–H and O–H groups in total. The van der Waals surface area contributed by atoms with Crippen LogP contribution in [0.4, 0.5) is 4.79 Å². The van der Waals surface area contributed by atoms with Gasteiger partial charge in [-0.3, -0.25) is 4.68 Å². The molecule has 0 saturated carbocycles. The Morgan fingerprint density at radius 3 is 2.64 bits per heavy atom. The van der Waals surface area contributed by atoms with Crippen molar-refractivity contribution in [1.29, 1.82) is 0 Å². The summed E-state index contributed by atoms with van der Waals surface area (Å²) in [5, 5.41) is 10.9. The average Bonchev–Trinajstić information content (AvgIpc) is 2.99. The van der Waals surface area contributed by atoms with E-state index in [4.69, 9.17) is 9.47 Å². The number of rotatable bonds is 7. The van der Waals surface area contributed by atoms with Crippen molar-refractivity contribution < 1.29 is 14.3 Å². The summed E-state index contributed by atoms with van der Waals surface area (Å²) in [6.07, 6.45) is 1.45. The van der Waals surface area contributed by atoms with Crippen LogP contribution in [0.3, 0.4) is 0 Å². The maximum Gasteiger partial charge on any atom is 0.407 e. The largest absolute Gasteiger partial charge is 0.497 e. The van der Waals surface area contributed by atoms with Gasteiger partial charge in [0.15, 0.2) is 0 Å². The van der Waals surface area contributed by atoms with Gasteiger partial charge in [-0.05, 0) is 45.0 Å². The molecule has 1 amide bonds. The Kier molecular flexibility index (Phi) is 6.69. The standard InChI is InChI=1S/C17H24N4O3S/c1-17(2,3)24-16(22)18-9-10-21-11-13(19-20-21)12-25-15-7-5-14(23-4)6-8-15/h5-8,11H,9-10,12H2,1-4H3,(H,18,22). The zero-order chi connectivity index (χ0) is 18.3. The predicted octanol–water partition coefficient (Wildman–Crippen LogP) is 3.10. The second kappa shape index (κ2) is 8.75. The van der Waals surface area contributed by atoms with Gasteiger partial charge in [0.05, 0.1) is 19.3 Å². The molecule has 7 nitrogen and oxygen atoms in total. The lowest BCUT2D eigenvalue weighted by atomic mass is 10.2. The predicted molar refractivity (Wildman–Crippen MR) is 96.8 cm³/mol. The SMILES string of the molecule is COc1ccc(SCc2cn(CCNC(=O)OC(C)(C)C)nn2)cc1. The quantitative estimate of drug-likeness (QED) is 0.761. The summed E-state index contributed by atoms with van der Waals surface area (Å²) >= 11 is 1.68. The van der Waals surface area contributed by atoms with Crippen molar-refractivity contribution in [2.45, 2.75) is 43.6 Å². The summed E-state index contributed by atoms with van der Waals surface area (Å²) in [6.45, 7) is 6.47. The third kappa shape index (κ3) is 7.04. The molecule has 25 heavy (non-hydrogen) atoms. The van der Waals surface area contributed by atoms with Gasteiger partial charge in [-0.1, -0.05) is 5.21 Å². The fourth-order valence-electron chi connectivity index (χ4n) is 1.93. The minimum absolute atomic E-state index is 0.428. The van der Waals surface area contributed by atoms with Gasteiger partial charge in [-0.2, -0.15) is 0 Å². The van der Waals surface area contributed by atoms with Crippen LogP contribution in [0.2, 0.25) is 0 Å². The molecule has 1 aromatic heterocycles. The zero-order valence-corrected chi connectivity index (χ0v) is 15.8. The molecule has 1 aromatic carbocycles. The minimum Gasteiger partial charge on any atom is -0.497 e. The van der Waals surface area contributed by atoms with E-state index >= 15 is 0 Å². The highest BCUT2D eigenvalue weighted by Gasteiger charge is 2.15. The number of benzene rings is 1. The Hall–Kier alpha value is -2.22. The molecule has 2 rings (SSSR count). The van der Waals surface area contributed by atoms with E-state index in [1.54, 1.807) is 23.6 Å². The van der Waals surface area contributed by atoms with E-state index < -0.39 is 11.7 Å². The third-order valence-corrected chi connectivity index (χ3v) is 4.09. The fraction of sp³-hybridized carbons (Fsp3) is 0.471. The van der Waals surface area contributed by atoms with E-state index in [1.165, 1.54) is 0 Å². The van der Waals surface area contributed by atoms with Crippen LogP contribution in [0.1, 0.15) is 26.5 Å². The smallest absolute Gasteiger partial charge is 0.407 e. The Balaban J connectivity index is 1.73. The first-order chi connectivity index (χ1) is 11.9. The average molecular weight is 364 g/mol. The van der Waals surface area contributed by atoms with E-state index in [-0.39, 0.29) is 0 Å². The molecule has 0 aliphatic carbocycles. The van der Waals surface area contributed by atoms with E-state index in [0.717, 1.165) is 22.1 Å².